The van der Waals surface area contributed by atoms with E-state index in [9.17, 15) is 0 Å². The number of benzene rings is 1. The number of halogens is 1. The minimum Gasteiger partial charge on any atom is -0.306 e. The highest BCUT2D eigenvalue weighted by Crippen LogP contribution is 2.25. The zero-order valence-corrected chi connectivity index (χ0v) is 12.4. The van der Waals surface area contributed by atoms with Crippen molar-refractivity contribution in [1.29, 1.82) is 0 Å². The van der Waals surface area contributed by atoms with Gasteiger partial charge in [-0.3, -0.25) is 4.68 Å². The van der Waals surface area contributed by atoms with Crippen LogP contribution in [-0.2, 0) is 6.54 Å². The molecule has 0 bridgehead atoms. The average molecular weight is 278 g/mol. The van der Waals surface area contributed by atoms with E-state index in [1.165, 1.54) is 16.7 Å². The summed E-state index contributed by atoms with van der Waals surface area (Å²) in [7, 11) is 0. The molecule has 102 valence electrons. The minimum atomic E-state index is 0.141. The predicted molar refractivity (Wildman–Crippen MR) is 79.6 cm³/mol. The van der Waals surface area contributed by atoms with Crippen molar-refractivity contribution < 1.29 is 0 Å². The summed E-state index contributed by atoms with van der Waals surface area (Å²) in [6.45, 7) is 8.03. The van der Waals surface area contributed by atoms with Gasteiger partial charge in [-0.25, -0.2) is 0 Å². The zero-order valence-electron chi connectivity index (χ0n) is 11.7. The molecule has 2 rings (SSSR count). The van der Waals surface area contributed by atoms with E-state index in [1.807, 2.05) is 23.0 Å². The third-order valence-corrected chi connectivity index (χ3v) is 3.33. The standard InChI is InChI=1S/C15H20ClN3/c1-4-17-15(13-9-18-19(5-2)10-13)12-6-11(3)7-14(16)8-12/h6-10,15,17H,4-5H2,1-3H3. The molecule has 0 aliphatic rings. The van der Waals surface area contributed by atoms with E-state index in [0.29, 0.717) is 0 Å². The molecule has 1 heterocycles. The number of aromatic nitrogens is 2. The van der Waals surface area contributed by atoms with E-state index in [-0.39, 0.29) is 6.04 Å². The van der Waals surface area contributed by atoms with Crippen LogP contribution in [0, 0.1) is 6.92 Å². The Hall–Kier alpha value is -1.32. The molecule has 1 atom stereocenters. The van der Waals surface area contributed by atoms with E-state index in [0.717, 1.165) is 18.1 Å². The second kappa shape index (κ2) is 6.22. The Bertz CT molecular complexity index is 528. The van der Waals surface area contributed by atoms with Gasteiger partial charge in [0, 0.05) is 23.3 Å². The van der Waals surface area contributed by atoms with E-state index >= 15 is 0 Å². The Morgan fingerprint density at radius 2 is 2.05 bits per heavy atom. The lowest BCUT2D eigenvalue weighted by atomic mass is 10.00. The van der Waals surface area contributed by atoms with Crippen LogP contribution in [0.3, 0.4) is 0 Å². The maximum Gasteiger partial charge on any atom is 0.0608 e. The van der Waals surface area contributed by atoms with Gasteiger partial charge in [0.1, 0.15) is 0 Å². The Labute approximate surface area is 119 Å². The second-order valence-corrected chi connectivity index (χ2v) is 5.12. The first-order chi connectivity index (χ1) is 9.13. The molecule has 19 heavy (non-hydrogen) atoms. The van der Waals surface area contributed by atoms with Crippen LogP contribution >= 0.6 is 11.6 Å². The maximum atomic E-state index is 6.17. The molecular formula is C15H20ClN3. The zero-order chi connectivity index (χ0) is 13.8. The van der Waals surface area contributed by atoms with Crippen LogP contribution in [-0.4, -0.2) is 16.3 Å². The van der Waals surface area contributed by atoms with E-state index in [4.69, 9.17) is 11.6 Å². The predicted octanol–water partition coefficient (Wildman–Crippen LogP) is 3.56. The minimum absolute atomic E-state index is 0.141. The van der Waals surface area contributed by atoms with Crippen LogP contribution in [0.2, 0.25) is 5.02 Å². The van der Waals surface area contributed by atoms with Gasteiger partial charge in [0.25, 0.3) is 0 Å². The first-order valence-corrected chi connectivity index (χ1v) is 7.04. The summed E-state index contributed by atoms with van der Waals surface area (Å²) in [5.41, 5.74) is 3.53. The monoisotopic (exact) mass is 277 g/mol. The summed E-state index contributed by atoms with van der Waals surface area (Å²) in [5, 5.41) is 8.63. The highest BCUT2D eigenvalue weighted by atomic mass is 35.5. The summed E-state index contributed by atoms with van der Waals surface area (Å²) < 4.78 is 1.94. The van der Waals surface area contributed by atoms with Gasteiger partial charge in [-0.2, -0.15) is 5.10 Å². The molecule has 3 nitrogen and oxygen atoms in total. The van der Waals surface area contributed by atoms with Gasteiger partial charge in [-0.15, -0.1) is 0 Å². The molecule has 0 fully saturated rings. The molecule has 2 aromatic rings. The lowest BCUT2D eigenvalue weighted by Gasteiger charge is -2.18. The van der Waals surface area contributed by atoms with Gasteiger partial charge in [0.2, 0.25) is 0 Å². The number of rotatable bonds is 5. The van der Waals surface area contributed by atoms with Crippen LogP contribution in [0.25, 0.3) is 0 Å². The van der Waals surface area contributed by atoms with Crippen molar-refractivity contribution in [2.24, 2.45) is 0 Å². The third kappa shape index (κ3) is 3.37. The van der Waals surface area contributed by atoms with Crippen LogP contribution in [0.15, 0.2) is 30.6 Å². The second-order valence-electron chi connectivity index (χ2n) is 4.68. The van der Waals surface area contributed by atoms with Crippen molar-refractivity contribution in [3.05, 3.63) is 52.3 Å². The highest BCUT2D eigenvalue weighted by Gasteiger charge is 2.15. The fraction of sp³-hybridized carbons (Fsp3) is 0.400. The molecule has 0 aliphatic heterocycles. The molecule has 1 aromatic heterocycles. The van der Waals surface area contributed by atoms with Crippen molar-refractivity contribution in [2.45, 2.75) is 33.4 Å². The molecule has 0 aliphatic carbocycles. The Morgan fingerprint density at radius 1 is 1.26 bits per heavy atom. The lowest BCUT2D eigenvalue weighted by Crippen LogP contribution is -2.21. The largest absolute Gasteiger partial charge is 0.306 e. The normalized spacial score (nSPS) is 12.6. The van der Waals surface area contributed by atoms with Gasteiger partial charge < -0.3 is 5.32 Å². The summed E-state index contributed by atoms with van der Waals surface area (Å²) in [5.74, 6) is 0. The molecular weight excluding hydrogens is 258 g/mol. The van der Waals surface area contributed by atoms with E-state index < -0.39 is 0 Å². The summed E-state index contributed by atoms with van der Waals surface area (Å²) in [6.07, 6.45) is 4.01. The number of nitrogens with zero attached hydrogens (tertiary/aromatic N) is 2. The van der Waals surface area contributed by atoms with Gasteiger partial charge in [-0.05, 0) is 43.7 Å². The molecule has 0 saturated heterocycles. The van der Waals surface area contributed by atoms with Crippen LogP contribution in [0.1, 0.15) is 36.6 Å². The lowest BCUT2D eigenvalue weighted by molar-refractivity contribution is 0.625. The molecule has 0 radical (unpaired) electrons. The molecule has 1 N–H and O–H groups in total. The number of hydrogen-bond donors (Lipinski definition) is 1. The Balaban J connectivity index is 2.38. The summed E-state index contributed by atoms with van der Waals surface area (Å²) in [6, 6.07) is 6.31. The Kier molecular flexibility index (Phi) is 4.61. The van der Waals surface area contributed by atoms with Gasteiger partial charge >= 0.3 is 0 Å². The number of hydrogen-bond acceptors (Lipinski definition) is 2. The third-order valence-electron chi connectivity index (χ3n) is 3.12. The fourth-order valence-electron chi connectivity index (χ4n) is 2.27. The van der Waals surface area contributed by atoms with Crippen LogP contribution in [0.4, 0.5) is 0 Å². The van der Waals surface area contributed by atoms with E-state index in [2.05, 4.69) is 43.4 Å². The summed E-state index contributed by atoms with van der Waals surface area (Å²) >= 11 is 6.17. The molecule has 0 spiro atoms. The summed E-state index contributed by atoms with van der Waals surface area (Å²) in [4.78, 5) is 0. The topological polar surface area (TPSA) is 29.9 Å². The van der Waals surface area contributed by atoms with Crippen LogP contribution in [0.5, 0.6) is 0 Å². The van der Waals surface area contributed by atoms with Crippen molar-refractivity contribution in [1.82, 2.24) is 15.1 Å². The molecule has 0 amide bonds. The quantitative estimate of drug-likeness (QED) is 0.906. The van der Waals surface area contributed by atoms with Gasteiger partial charge in [-0.1, -0.05) is 24.6 Å². The molecule has 4 heteroatoms. The van der Waals surface area contributed by atoms with Gasteiger partial charge in [0.15, 0.2) is 0 Å². The first kappa shape index (κ1) is 14.1. The maximum absolute atomic E-state index is 6.17. The highest BCUT2D eigenvalue weighted by molar-refractivity contribution is 6.30. The molecule has 0 saturated carbocycles. The van der Waals surface area contributed by atoms with Crippen molar-refractivity contribution in [3.8, 4) is 0 Å². The van der Waals surface area contributed by atoms with Crippen molar-refractivity contribution in [3.63, 3.8) is 0 Å². The van der Waals surface area contributed by atoms with E-state index in [1.54, 1.807) is 0 Å². The smallest absolute Gasteiger partial charge is 0.0608 e. The van der Waals surface area contributed by atoms with Crippen LogP contribution < -0.4 is 5.32 Å². The Morgan fingerprint density at radius 3 is 2.63 bits per heavy atom. The fourth-order valence-corrected chi connectivity index (χ4v) is 2.56. The molecule has 1 unspecified atom stereocenters. The average Bonchev–Trinajstić information content (AvgIpc) is 2.83. The van der Waals surface area contributed by atoms with Gasteiger partial charge in [0.05, 0.1) is 12.2 Å². The SMILES string of the molecule is CCNC(c1cc(C)cc(Cl)c1)c1cnn(CC)c1. The first-order valence-electron chi connectivity index (χ1n) is 6.66. The van der Waals surface area contributed by atoms with Crippen molar-refractivity contribution >= 4 is 11.6 Å². The molecule has 1 aromatic carbocycles. The van der Waals surface area contributed by atoms with Crippen molar-refractivity contribution in [2.75, 3.05) is 6.54 Å². The number of nitrogens with one attached hydrogen (secondary N) is 1. The number of aryl methyl sites for hydroxylation is 2.